The van der Waals surface area contributed by atoms with Crippen molar-refractivity contribution in [2.75, 3.05) is 0 Å². The van der Waals surface area contributed by atoms with Gasteiger partial charge in [0.1, 0.15) is 0 Å². The van der Waals surface area contributed by atoms with Crippen molar-refractivity contribution in [1.82, 2.24) is 4.57 Å². The largest absolute Gasteiger partial charge is 0.494 e. The lowest BCUT2D eigenvalue weighted by molar-refractivity contribution is 0.00578. The van der Waals surface area contributed by atoms with Crippen molar-refractivity contribution in [3.63, 3.8) is 0 Å². The first kappa shape index (κ1) is 22.6. The van der Waals surface area contributed by atoms with Crippen LogP contribution in [0.25, 0.3) is 38.6 Å². The van der Waals surface area contributed by atoms with Crippen LogP contribution in [0.2, 0.25) is 0 Å². The molecule has 1 aromatic heterocycles. The first-order valence-electron chi connectivity index (χ1n) is 12.3. The van der Waals surface area contributed by atoms with E-state index in [0.717, 1.165) is 44.1 Å². The molecule has 5 heteroatoms. The molecule has 0 atom stereocenters. The Bertz CT molecular complexity index is 1630. The SMILES string of the molecule is CC1(C)OB(c2ccc(-c3ccc4c(c3)c3ccc(C#N)cc3n4-c3ccccc3)cc2)OC1(C)C. The average molecular weight is 470 g/mol. The van der Waals surface area contributed by atoms with E-state index >= 15 is 0 Å². The highest BCUT2D eigenvalue weighted by atomic mass is 16.7. The molecule has 1 aliphatic rings. The summed E-state index contributed by atoms with van der Waals surface area (Å²) in [6.45, 7) is 8.29. The zero-order valence-electron chi connectivity index (χ0n) is 20.9. The summed E-state index contributed by atoms with van der Waals surface area (Å²) in [5.41, 5.74) is 6.44. The number of nitriles is 1. The second-order valence-corrected chi connectivity index (χ2v) is 10.5. The maximum Gasteiger partial charge on any atom is 0.494 e. The lowest BCUT2D eigenvalue weighted by Gasteiger charge is -2.32. The molecule has 176 valence electrons. The number of hydrogen-bond acceptors (Lipinski definition) is 3. The summed E-state index contributed by atoms with van der Waals surface area (Å²) in [7, 11) is -0.371. The van der Waals surface area contributed by atoms with Gasteiger partial charge in [-0.05, 0) is 80.7 Å². The van der Waals surface area contributed by atoms with Crippen molar-refractivity contribution in [3.8, 4) is 22.9 Å². The Balaban J connectivity index is 1.43. The van der Waals surface area contributed by atoms with Crippen LogP contribution in [0.15, 0.2) is 91.0 Å². The van der Waals surface area contributed by atoms with E-state index in [1.807, 2.05) is 30.3 Å². The van der Waals surface area contributed by atoms with Crippen LogP contribution in [0.4, 0.5) is 0 Å². The second kappa shape index (κ2) is 8.10. The predicted molar refractivity (Wildman–Crippen MR) is 147 cm³/mol. The number of nitrogens with zero attached hydrogens (tertiary/aromatic N) is 2. The molecule has 0 radical (unpaired) electrons. The molecule has 1 saturated heterocycles. The van der Waals surface area contributed by atoms with Crippen molar-refractivity contribution < 1.29 is 9.31 Å². The maximum atomic E-state index is 9.51. The fourth-order valence-electron chi connectivity index (χ4n) is 4.94. The topological polar surface area (TPSA) is 47.2 Å². The highest BCUT2D eigenvalue weighted by Crippen LogP contribution is 2.37. The van der Waals surface area contributed by atoms with Crippen LogP contribution < -0.4 is 5.46 Å². The molecule has 0 N–H and O–H groups in total. The van der Waals surface area contributed by atoms with E-state index in [1.54, 1.807) is 0 Å². The van der Waals surface area contributed by atoms with Gasteiger partial charge in [-0.15, -0.1) is 0 Å². The molecule has 0 saturated carbocycles. The molecule has 4 nitrogen and oxygen atoms in total. The normalized spacial score (nSPS) is 16.5. The van der Waals surface area contributed by atoms with Gasteiger partial charge in [-0.25, -0.2) is 0 Å². The van der Waals surface area contributed by atoms with Crippen molar-refractivity contribution in [2.24, 2.45) is 0 Å². The number of para-hydroxylation sites is 1. The van der Waals surface area contributed by atoms with Gasteiger partial charge in [-0.1, -0.05) is 54.6 Å². The molecule has 0 aliphatic carbocycles. The third kappa shape index (κ3) is 3.53. The van der Waals surface area contributed by atoms with Gasteiger partial charge in [0, 0.05) is 16.5 Å². The standard InChI is InChI=1S/C31H27BN2O2/c1-30(2)31(3,4)36-32(35-30)24-14-11-22(12-15-24)23-13-17-28-27(19-23)26-16-10-21(20-33)18-29(26)34(28)25-8-6-5-7-9-25/h5-19H,1-4H3. The Morgan fingerprint density at radius 2 is 1.36 bits per heavy atom. The smallest absolute Gasteiger partial charge is 0.399 e. The second-order valence-electron chi connectivity index (χ2n) is 10.5. The minimum atomic E-state index is -0.371. The Kier molecular flexibility index (Phi) is 5.08. The zero-order valence-corrected chi connectivity index (χ0v) is 20.9. The molecule has 0 unspecified atom stereocenters. The first-order chi connectivity index (χ1) is 17.3. The molecule has 1 fully saturated rings. The summed E-state index contributed by atoms with van der Waals surface area (Å²) in [6.07, 6.45) is 0. The third-order valence-electron chi connectivity index (χ3n) is 7.68. The summed E-state index contributed by atoms with van der Waals surface area (Å²) in [5, 5.41) is 11.8. The summed E-state index contributed by atoms with van der Waals surface area (Å²) < 4.78 is 14.7. The Morgan fingerprint density at radius 3 is 2.03 bits per heavy atom. The minimum Gasteiger partial charge on any atom is -0.399 e. The first-order valence-corrected chi connectivity index (χ1v) is 12.3. The van der Waals surface area contributed by atoms with Crippen molar-refractivity contribution in [2.45, 2.75) is 38.9 Å². The number of fused-ring (bicyclic) bond motifs is 3. The van der Waals surface area contributed by atoms with Crippen LogP contribution in [0.5, 0.6) is 0 Å². The number of rotatable bonds is 3. The van der Waals surface area contributed by atoms with Crippen molar-refractivity contribution >= 4 is 34.4 Å². The van der Waals surface area contributed by atoms with E-state index in [9.17, 15) is 5.26 Å². The molecule has 6 rings (SSSR count). The lowest BCUT2D eigenvalue weighted by atomic mass is 9.78. The van der Waals surface area contributed by atoms with Gasteiger partial charge >= 0.3 is 7.12 Å². The van der Waals surface area contributed by atoms with Gasteiger partial charge in [0.05, 0.1) is 33.9 Å². The van der Waals surface area contributed by atoms with E-state index < -0.39 is 0 Å². The van der Waals surface area contributed by atoms with Crippen molar-refractivity contribution in [1.29, 1.82) is 5.26 Å². The molecule has 0 amide bonds. The molecule has 4 aromatic carbocycles. The summed E-state index contributed by atoms with van der Waals surface area (Å²) in [5.74, 6) is 0. The molecule has 36 heavy (non-hydrogen) atoms. The average Bonchev–Trinajstić information content (AvgIpc) is 3.32. The zero-order chi connectivity index (χ0) is 25.1. The van der Waals surface area contributed by atoms with Gasteiger partial charge in [0.15, 0.2) is 0 Å². The molecule has 2 heterocycles. The molecule has 1 aliphatic heterocycles. The van der Waals surface area contributed by atoms with Gasteiger partial charge in [0.25, 0.3) is 0 Å². The van der Waals surface area contributed by atoms with E-state index in [1.165, 1.54) is 0 Å². The monoisotopic (exact) mass is 470 g/mol. The van der Waals surface area contributed by atoms with E-state index in [2.05, 4.69) is 99.0 Å². The summed E-state index contributed by atoms with van der Waals surface area (Å²) >= 11 is 0. The fourth-order valence-corrected chi connectivity index (χ4v) is 4.94. The highest BCUT2D eigenvalue weighted by molar-refractivity contribution is 6.62. The van der Waals surface area contributed by atoms with Gasteiger partial charge in [-0.2, -0.15) is 5.26 Å². The maximum absolute atomic E-state index is 9.51. The Morgan fingerprint density at radius 1 is 0.694 bits per heavy atom. The van der Waals surface area contributed by atoms with Crippen molar-refractivity contribution in [3.05, 3.63) is 96.6 Å². The quantitative estimate of drug-likeness (QED) is 0.279. The molecule has 0 bridgehead atoms. The van der Waals surface area contributed by atoms with Crippen LogP contribution in [-0.2, 0) is 9.31 Å². The van der Waals surface area contributed by atoms with Gasteiger partial charge in [0.2, 0.25) is 0 Å². The summed E-state index contributed by atoms with van der Waals surface area (Å²) in [4.78, 5) is 0. The summed E-state index contributed by atoms with van der Waals surface area (Å²) in [6, 6.07) is 33.5. The Labute approximate surface area is 211 Å². The highest BCUT2D eigenvalue weighted by Gasteiger charge is 2.51. The van der Waals surface area contributed by atoms with E-state index in [4.69, 9.17) is 9.31 Å². The van der Waals surface area contributed by atoms with Crippen LogP contribution >= 0.6 is 0 Å². The number of benzene rings is 4. The van der Waals surface area contributed by atoms with Crippen LogP contribution in [-0.4, -0.2) is 22.9 Å². The molecule has 5 aromatic rings. The van der Waals surface area contributed by atoms with E-state index in [0.29, 0.717) is 5.56 Å². The predicted octanol–water partition coefficient (Wildman–Crippen LogP) is 6.62. The van der Waals surface area contributed by atoms with Gasteiger partial charge < -0.3 is 13.9 Å². The van der Waals surface area contributed by atoms with Crippen LogP contribution in [0, 0.1) is 11.3 Å². The third-order valence-corrected chi connectivity index (χ3v) is 7.68. The van der Waals surface area contributed by atoms with Crippen LogP contribution in [0.3, 0.4) is 0 Å². The molecular formula is C31H27BN2O2. The number of aromatic nitrogens is 1. The Hall–Kier alpha value is -3.85. The number of hydrogen-bond donors (Lipinski definition) is 0. The van der Waals surface area contributed by atoms with E-state index in [-0.39, 0.29) is 18.3 Å². The van der Waals surface area contributed by atoms with Gasteiger partial charge in [-0.3, -0.25) is 0 Å². The fraction of sp³-hybridized carbons (Fsp3) is 0.194. The van der Waals surface area contributed by atoms with Crippen LogP contribution in [0.1, 0.15) is 33.3 Å². The molecular weight excluding hydrogens is 443 g/mol. The minimum absolute atomic E-state index is 0.361. The molecule has 0 spiro atoms. The lowest BCUT2D eigenvalue weighted by Crippen LogP contribution is -2.41.